The monoisotopic (exact) mass is 442 g/mol. The van der Waals surface area contributed by atoms with Gasteiger partial charge in [0.2, 0.25) is 5.91 Å². The number of nitrogens with one attached hydrogen (secondary N) is 2. The minimum Gasteiger partial charge on any atom is -0.324 e. The first-order chi connectivity index (χ1) is 16.0. The second kappa shape index (κ2) is 10.2. The zero-order valence-electron chi connectivity index (χ0n) is 18.8. The molecule has 0 saturated carbocycles. The molecule has 3 aromatic carbocycles. The van der Waals surface area contributed by atoms with E-state index in [2.05, 4.69) is 29.7 Å². The standard InChI is InChI=1S/C27H27FN4O/c1-19-25(20(2)32(31-19)18-21-9-5-3-6-10-21)17-29-26(22-11-7-4-8-12-22)27(33)30-24-15-13-23(28)14-16-24/h3-16,26,29H,17-18H2,1-2H3,(H,30,33)/t26-/m1/s1. The third kappa shape index (κ3) is 5.54. The highest BCUT2D eigenvalue weighted by atomic mass is 19.1. The molecule has 0 bridgehead atoms. The molecule has 0 unspecified atom stereocenters. The fourth-order valence-corrected chi connectivity index (χ4v) is 3.86. The Morgan fingerprint density at radius 2 is 1.58 bits per heavy atom. The van der Waals surface area contributed by atoms with E-state index in [0.29, 0.717) is 18.8 Å². The van der Waals surface area contributed by atoms with Crippen LogP contribution in [0.1, 0.15) is 34.1 Å². The number of aryl methyl sites for hydroxylation is 1. The molecule has 1 heterocycles. The van der Waals surface area contributed by atoms with Crippen LogP contribution in [0, 0.1) is 19.7 Å². The second-order valence-electron chi connectivity index (χ2n) is 8.01. The molecule has 1 amide bonds. The van der Waals surface area contributed by atoms with Crippen LogP contribution in [0.3, 0.4) is 0 Å². The molecule has 6 heteroatoms. The molecule has 1 aromatic heterocycles. The average molecular weight is 443 g/mol. The lowest BCUT2D eigenvalue weighted by atomic mass is 10.0. The van der Waals surface area contributed by atoms with Crippen molar-refractivity contribution in [2.75, 3.05) is 5.32 Å². The maximum absolute atomic E-state index is 13.2. The van der Waals surface area contributed by atoms with Gasteiger partial charge in [-0.3, -0.25) is 14.8 Å². The van der Waals surface area contributed by atoms with Crippen LogP contribution in [0.15, 0.2) is 84.9 Å². The van der Waals surface area contributed by atoms with Crippen LogP contribution in [-0.2, 0) is 17.9 Å². The molecular weight excluding hydrogens is 415 g/mol. The number of carbonyl (C=O) groups is 1. The van der Waals surface area contributed by atoms with Crippen molar-refractivity contribution >= 4 is 11.6 Å². The molecule has 0 fully saturated rings. The Bertz CT molecular complexity index is 1200. The Labute approximate surface area is 193 Å². The summed E-state index contributed by atoms with van der Waals surface area (Å²) in [5.74, 6) is -0.552. The van der Waals surface area contributed by atoms with E-state index in [1.54, 1.807) is 12.1 Å². The first kappa shape index (κ1) is 22.4. The van der Waals surface area contributed by atoms with Gasteiger partial charge >= 0.3 is 0 Å². The Morgan fingerprint density at radius 3 is 2.24 bits per heavy atom. The summed E-state index contributed by atoms with van der Waals surface area (Å²) in [5, 5.41) is 11.0. The summed E-state index contributed by atoms with van der Waals surface area (Å²) < 4.78 is 15.2. The zero-order valence-corrected chi connectivity index (χ0v) is 18.8. The number of rotatable bonds is 8. The summed E-state index contributed by atoms with van der Waals surface area (Å²) in [7, 11) is 0. The fourth-order valence-electron chi connectivity index (χ4n) is 3.86. The van der Waals surface area contributed by atoms with Crippen LogP contribution in [0.25, 0.3) is 0 Å². The molecule has 33 heavy (non-hydrogen) atoms. The van der Waals surface area contributed by atoms with Crippen molar-refractivity contribution in [1.29, 1.82) is 0 Å². The highest BCUT2D eigenvalue weighted by Crippen LogP contribution is 2.20. The van der Waals surface area contributed by atoms with Crippen LogP contribution in [-0.4, -0.2) is 15.7 Å². The minimum absolute atomic E-state index is 0.209. The van der Waals surface area contributed by atoms with Gasteiger partial charge in [-0.2, -0.15) is 5.10 Å². The average Bonchev–Trinajstić information content (AvgIpc) is 3.09. The number of hydrogen-bond acceptors (Lipinski definition) is 3. The fraction of sp³-hybridized carbons (Fsp3) is 0.185. The van der Waals surface area contributed by atoms with Crippen molar-refractivity contribution < 1.29 is 9.18 Å². The van der Waals surface area contributed by atoms with Crippen LogP contribution < -0.4 is 10.6 Å². The van der Waals surface area contributed by atoms with Gasteiger partial charge in [-0.05, 0) is 49.2 Å². The predicted molar refractivity (Wildman–Crippen MR) is 128 cm³/mol. The summed E-state index contributed by atoms with van der Waals surface area (Å²) in [5.41, 5.74) is 5.65. The second-order valence-corrected chi connectivity index (χ2v) is 8.01. The van der Waals surface area contributed by atoms with Crippen LogP contribution in [0.5, 0.6) is 0 Å². The van der Waals surface area contributed by atoms with Gasteiger partial charge in [-0.1, -0.05) is 60.7 Å². The Kier molecular flexibility index (Phi) is 6.95. The molecule has 0 radical (unpaired) electrons. The van der Waals surface area contributed by atoms with Crippen molar-refractivity contribution in [3.8, 4) is 0 Å². The smallest absolute Gasteiger partial charge is 0.246 e. The summed E-state index contributed by atoms with van der Waals surface area (Å²) in [6.45, 7) is 5.22. The number of anilines is 1. The number of carbonyl (C=O) groups excluding carboxylic acids is 1. The van der Waals surface area contributed by atoms with Gasteiger partial charge in [-0.15, -0.1) is 0 Å². The van der Waals surface area contributed by atoms with Crippen molar-refractivity contribution in [2.45, 2.75) is 33.0 Å². The Hall–Kier alpha value is -3.77. The van der Waals surface area contributed by atoms with Gasteiger partial charge in [0.15, 0.2) is 0 Å². The Balaban J connectivity index is 1.52. The van der Waals surface area contributed by atoms with Crippen LogP contribution in [0.2, 0.25) is 0 Å². The van der Waals surface area contributed by atoms with Crippen molar-refractivity contribution in [2.24, 2.45) is 0 Å². The predicted octanol–water partition coefficient (Wildman–Crippen LogP) is 5.16. The molecule has 5 nitrogen and oxygen atoms in total. The molecule has 0 aliphatic heterocycles. The highest BCUT2D eigenvalue weighted by Gasteiger charge is 2.22. The maximum Gasteiger partial charge on any atom is 0.246 e. The third-order valence-electron chi connectivity index (χ3n) is 5.70. The first-order valence-corrected chi connectivity index (χ1v) is 10.9. The van der Waals surface area contributed by atoms with Gasteiger partial charge in [0.1, 0.15) is 11.9 Å². The molecular formula is C27H27FN4O. The number of amides is 1. The van der Waals surface area contributed by atoms with Crippen LogP contribution in [0.4, 0.5) is 10.1 Å². The van der Waals surface area contributed by atoms with E-state index < -0.39 is 6.04 Å². The molecule has 0 spiro atoms. The van der Waals surface area contributed by atoms with Crippen molar-refractivity contribution in [1.82, 2.24) is 15.1 Å². The summed E-state index contributed by atoms with van der Waals surface area (Å²) in [6.07, 6.45) is 0. The number of halogens is 1. The van der Waals surface area contributed by atoms with Gasteiger partial charge in [0.05, 0.1) is 12.2 Å². The number of benzene rings is 3. The molecule has 168 valence electrons. The molecule has 4 aromatic rings. The van der Waals surface area contributed by atoms with E-state index in [4.69, 9.17) is 5.10 Å². The summed E-state index contributed by atoms with van der Waals surface area (Å²) in [6, 6.07) is 25.0. The highest BCUT2D eigenvalue weighted by molar-refractivity contribution is 5.95. The molecule has 4 rings (SSSR count). The van der Waals surface area contributed by atoms with E-state index in [1.807, 2.05) is 60.1 Å². The van der Waals surface area contributed by atoms with E-state index >= 15 is 0 Å². The molecule has 2 N–H and O–H groups in total. The van der Waals surface area contributed by atoms with Crippen molar-refractivity contribution in [3.05, 3.63) is 119 Å². The van der Waals surface area contributed by atoms with Gasteiger partial charge in [-0.25, -0.2) is 4.39 Å². The molecule has 1 atom stereocenters. The lowest BCUT2D eigenvalue weighted by molar-refractivity contribution is -0.118. The third-order valence-corrected chi connectivity index (χ3v) is 5.70. The van der Waals surface area contributed by atoms with Gasteiger partial charge in [0, 0.05) is 23.5 Å². The normalized spacial score (nSPS) is 11.8. The van der Waals surface area contributed by atoms with Gasteiger partial charge < -0.3 is 5.32 Å². The summed E-state index contributed by atoms with van der Waals surface area (Å²) >= 11 is 0. The topological polar surface area (TPSA) is 59.0 Å². The van der Waals surface area contributed by atoms with E-state index in [9.17, 15) is 9.18 Å². The van der Waals surface area contributed by atoms with Crippen molar-refractivity contribution in [3.63, 3.8) is 0 Å². The van der Waals surface area contributed by atoms with E-state index in [1.165, 1.54) is 17.7 Å². The Morgan fingerprint density at radius 1 is 0.939 bits per heavy atom. The zero-order chi connectivity index (χ0) is 23.2. The van der Waals surface area contributed by atoms with E-state index in [-0.39, 0.29) is 11.7 Å². The van der Waals surface area contributed by atoms with E-state index in [0.717, 1.165) is 22.5 Å². The molecule has 0 aliphatic rings. The largest absolute Gasteiger partial charge is 0.324 e. The number of aromatic nitrogens is 2. The minimum atomic E-state index is -0.576. The molecule has 0 saturated heterocycles. The number of hydrogen-bond donors (Lipinski definition) is 2. The first-order valence-electron chi connectivity index (χ1n) is 10.9. The summed E-state index contributed by atoms with van der Waals surface area (Å²) in [4.78, 5) is 13.1. The lowest BCUT2D eigenvalue weighted by Crippen LogP contribution is -2.33. The molecule has 0 aliphatic carbocycles. The SMILES string of the molecule is Cc1nn(Cc2ccccc2)c(C)c1CN[C@@H](C(=O)Nc1ccc(F)cc1)c1ccccc1. The van der Waals surface area contributed by atoms with Gasteiger partial charge in [0.25, 0.3) is 0 Å². The quantitative estimate of drug-likeness (QED) is 0.396. The maximum atomic E-state index is 13.2. The number of nitrogens with zero attached hydrogens (tertiary/aromatic N) is 2. The van der Waals surface area contributed by atoms with Crippen LogP contribution >= 0.6 is 0 Å². The lowest BCUT2D eigenvalue weighted by Gasteiger charge is -2.19.